The van der Waals surface area contributed by atoms with Crippen molar-refractivity contribution >= 4 is 17.0 Å². The number of para-hydroxylation sites is 1. The summed E-state index contributed by atoms with van der Waals surface area (Å²) < 4.78 is 6.88. The van der Waals surface area contributed by atoms with Crippen molar-refractivity contribution in [3.63, 3.8) is 0 Å². The molecule has 134 valence electrons. The first kappa shape index (κ1) is 17.9. The molecule has 0 atom stereocenters. The van der Waals surface area contributed by atoms with Gasteiger partial charge in [0.15, 0.2) is 0 Å². The van der Waals surface area contributed by atoms with Gasteiger partial charge >= 0.3 is 5.97 Å². The van der Waals surface area contributed by atoms with Gasteiger partial charge in [-0.05, 0) is 36.1 Å². The Labute approximate surface area is 152 Å². The minimum absolute atomic E-state index is 0.0102. The molecule has 0 amide bonds. The summed E-state index contributed by atoms with van der Waals surface area (Å²) in [5, 5.41) is 0.391. The van der Waals surface area contributed by atoms with E-state index >= 15 is 0 Å². The zero-order valence-corrected chi connectivity index (χ0v) is 15.4. The van der Waals surface area contributed by atoms with E-state index in [0.29, 0.717) is 11.0 Å². The summed E-state index contributed by atoms with van der Waals surface area (Å²) >= 11 is 0. The Morgan fingerprint density at radius 3 is 2.58 bits per heavy atom. The van der Waals surface area contributed by atoms with E-state index in [1.54, 1.807) is 31.5 Å². The second kappa shape index (κ2) is 6.75. The topological polar surface area (TPSA) is 61.2 Å². The van der Waals surface area contributed by atoms with Crippen LogP contribution in [0.15, 0.2) is 53.6 Å². The molecule has 5 nitrogen and oxygen atoms in total. The van der Waals surface area contributed by atoms with Gasteiger partial charge in [-0.25, -0.2) is 9.78 Å². The lowest BCUT2D eigenvalue weighted by atomic mass is 9.85. The third-order valence-electron chi connectivity index (χ3n) is 4.23. The fourth-order valence-electron chi connectivity index (χ4n) is 3.02. The molecule has 26 heavy (non-hydrogen) atoms. The predicted octanol–water partition coefficient (Wildman–Crippen LogP) is 3.86. The van der Waals surface area contributed by atoms with Crippen LogP contribution in [0.3, 0.4) is 0 Å². The number of esters is 1. The first-order valence-corrected chi connectivity index (χ1v) is 8.62. The number of aromatic nitrogens is 2. The number of hydrogen-bond acceptors (Lipinski definition) is 4. The van der Waals surface area contributed by atoms with Crippen LogP contribution < -0.4 is 5.43 Å². The molecule has 5 heteroatoms. The normalized spacial score (nSPS) is 11.5. The Hall–Kier alpha value is -2.95. The number of benzene rings is 1. The average molecular weight is 350 g/mol. The zero-order chi connectivity index (χ0) is 18.9. The molecule has 1 aromatic carbocycles. The lowest BCUT2D eigenvalue weighted by molar-refractivity contribution is 0.0524. The largest absolute Gasteiger partial charge is 0.462 e. The summed E-state index contributed by atoms with van der Waals surface area (Å²) in [5.74, 6) is -0.620. The Kier molecular flexibility index (Phi) is 4.64. The summed E-state index contributed by atoms with van der Waals surface area (Å²) in [6.45, 7) is 8.29. The average Bonchev–Trinajstić information content (AvgIpc) is 2.62. The van der Waals surface area contributed by atoms with Crippen molar-refractivity contribution in [3.8, 4) is 5.69 Å². The fourth-order valence-corrected chi connectivity index (χ4v) is 3.02. The van der Waals surface area contributed by atoms with E-state index in [2.05, 4.69) is 25.8 Å². The Balaban J connectivity index is 2.39. The molecule has 2 aromatic heterocycles. The van der Waals surface area contributed by atoms with Gasteiger partial charge in [0.05, 0.1) is 17.7 Å². The lowest BCUT2D eigenvalue weighted by Crippen LogP contribution is -2.22. The summed E-state index contributed by atoms with van der Waals surface area (Å²) in [6, 6.07) is 11.3. The summed E-state index contributed by atoms with van der Waals surface area (Å²) in [6.07, 6.45) is 3.18. The number of hydrogen-bond donors (Lipinski definition) is 0. The van der Waals surface area contributed by atoms with Crippen LogP contribution in [-0.2, 0) is 10.2 Å². The van der Waals surface area contributed by atoms with E-state index in [9.17, 15) is 9.59 Å². The van der Waals surface area contributed by atoms with Gasteiger partial charge in [-0.3, -0.25) is 9.36 Å². The van der Waals surface area contributed by atoms with Crippen molar-refractivity contribution < 1.29 is 9.53 Å². The van der Waals surface area contributed by atoms with Gasteiger partial charge in [0.1, 0.15) is 11.2 Å². The van der Waals surface area contributed by atoms with Crippen LogP contribution in [0.1, 0.15) is 43.6 Å². The highest BCUT2D eigenvalue weighted by atomic mass is 16.5. The Morgan fingerprint density at radius 1 is 1.15 bits per heavy atom. The van der Waals surface area contributed by atoms with E-state index < -0.39 is 5.97 Å². The molecular weight excluding hydrogens is 328 g/mol. The molecule has 3 rings (SSSR count). The lowest BCUT2D eigenvalue weighted by Gasteiger charge is -2.24. The zero-order valence-electron chi connectivity index (χ0n) is 15.4. The first-order valence-electron chi connectivity index (χ1n) is 8.62. The molecule has 0 saturated carbocycles. The molecule has 3 aromatic rings. The van der Waals surface area contributed by atoms with Gasteiger partial charge in [-0.15, -0.1) is 0 Å². The maximum absolute atomic E-state index is 12.8. The van der Waals surface area contributed by atoms with Crippen molar-refractivity contribution in [1.29, 1.82) is 0 Å². The highest BCUT2D eigenvalue weighted by molar-refractivity contribution is 5.93. The smallest absolute Gasteiger partial charge is 0.343 e. The van der Waals surface area contributed by atoms with Gasteiger partial charge in [0.25, 0.3) is 0 Å². The second-order valence-electron chi connectivity index (χ2n) is 7.10. The van der Waals surface area contributed by atoms with Gasteiger partial charge in [-0.2, -0.15) is 0 Å². The van der Waals surface area contributed by atoms with Gasteiger partial charge in [0, 0.05) is 12.4 Å². The van der Waals surface area contributed by atoms with Crippen LogP contribution in [0.25, 0.3) is 16.7 Å². The van der Waals surface area contributed by atoms with Crippen LogP contribution >= 0.6 is 0 Å². The van der Waals surface area contributed by atoms with Gasteiger partial charge in [-0.1, -0.05) is 39.0 Å². The number of ether oxygens (including phenoxy) is 1. The minimum atomic E-state index is -0.620. The van der Waals surface area contributed by atoms with Gasteiger partial charge < -0.3 is 4.74 Å². The number of nitrogens with zero attached hydrogens (tertiary/aromatic N) is 2. The molecule has 0 bridgehead atoms. The van der Waals surface area contributed by atoms with Crippen molar-refractivity contribution in [1.82, 2.24) is 9.55 Å². The summed E-state index contributed by atoms with van der Waals surface area (Å²) in [5.41, 5.74) is 2.01. The van der Waals surface area contributed by atoms with Crippen LogP contribution in [0, 0.1) is 0 Å². The number of rotatable bonds is 3. The van der Waals surface area contributed by atoms with Crippen molar-refractivity contribution in [3.05, 3.63) is 70.1 Å². The van der Waals surface area contributed by atoms with E-state index in [1.807, 2.05) is 28.8 Å². The number of carbonyl (C=O) groups is 1. The van der Waals surface area contributed by atoms with E-state index in [1.165, 1.54) is 0 Å². The molecule has 0 fully saturated rings. The van der Waals surface area contributed by atoms with E-state index in [0.717, 1.165) is 11.3 Å². The van der Waals surface area contributed by atoms with Crippen LogP contribution in [0.5, 0.6) is 0 Å². The molecule has 0 spiro atoms. The maximum atomic E-state index is 12.8. The van der Waals surface area contributed by atoms with Crippen LogP contribution in [0.2, 0.25) is 0 Å². The summed E-state index contributed by atoms with van der Waals surface area (Å²) in [4.78, 5) is 29.5. The highest BCUT2D eigenvalue weighted by Gasteiger charge is 2.22. The third-order valence-corrected chi connectivity index (χ3v) is 4.23. The van der Waals surface area contributed by atoms with Crippen LogP contribution in [0.4, 0.5) is 0 Å². The van der Waals surface area contributed by atoms with E-state index in [4.69, 9.17) is 4.74 Å². The molecule has 0 N–H and O–H groups in total. The maximum Gasteiger partial charge on any atom is 0.343 e. The SMILES string of the molecule is CCOC(=O)c1cn(-c2ccccc2C(C)(C)C)c2ncccc2c1=O. The molecular formula is C21H22N2O3. The monoisotopic (exact) mass is 350 g/mol. The van der Waals surface area contributed by atoms with Crippen molar-refractivity contribution in [2.75, 3.05) is 6.61 Å². The standard InChI is InChI=1S/C21H22N2O3/c1-5-26-20(25)15-13-23(19-14(18(15)24)9-8-12-22-19)17-11-7-6-10-16(17)21(2,3)4/h6-13H,5H2,1-4H3. The molecule has 2 heterocycles. The highest BCUT2D eigenvalue weighted by Crippen LogP contribution is 2.29. The van der Waals surface area contributed by atoms with Gasteiger partial charge in [0.2, 0.25) is 5.43 Å². The predicted molar refractivity (Wildman–Crippen MR) is 102 cm³/mol. The Morgan fingerprint density at radius 2 is 1.88 bits per heavy atom. The number of carbonyl (C=O) groups excluding carboxylic acids is 1. The quantitative estimate of drug-likeness (QED) is 0.673. The molecule has 0 radical (unpaired) electrons. The molecule has 0 saturated heterocycles. The van der Waals surface area contributed by atoms with Crippen LogP contribution in [-0.4, -0.2) is 22.1 Å². The second-order valence-corrected chi connectivity index (χ2v) is 7.10. The Bertz CT molecular complexity index is 1030. The fraction of sp³-hybridized carbons (Fsp3) is 0.286. The number of pyridine rings is 2. The van der Waals surface area contributed by atoms with Crippen molar-refractivity contribution in [2.45, 2.75) is 33.1 Å². The molecule has 0 unspecified atom stereocenters. The first-order chi connectivity index (χ1) is 12.3. The minimum Gasteiger partial charge on any atom is -0.462 e. The van der Waals surface area contributed by atoms with Crippen molar-refractivity contribution in [2.24, 2.45) is 0 Å². The molecule has 0 aliphatic carbocycles. The summed E-state index contributed by atoms with van der Waals surface area (Å²) in [7, 11) is 0. The molecule has 0 aliphatic heterocycles. The molecule has 0 aliphatic rings. The number of fused-ring (bicyclic) bond motifs is 1. The third kappa shape index (κ3) is 3.12. The van der Waals surface area contributed by atoms with E-state index in [-0.39, 0.29) is 23.0 Å².